The predicted octanol–water partition coefficient (Wildman–Crippen LogP) is 5.32. The van der Waals surface area contributed by atoms with E-state index in [-0.39, 0.29) is 0 Å². The predicted molar refractivity (Wildman–Crippen MR) is 85.4 cm³/mol. The fourth-order valence-corrected chi connectivity index (χ4v) is 2.87. The van der Waals surface area contributed by atoms with Gasteiger partial charge in [0.2, 0.25) is 0 Å². The van der Waals surface area contributed by atoms with Gasteiger partial charge < -0.3 is 5.32 Å². The molecule has 0 fully saturated rings. The van der Waals surface area contributed by atoms with Crippen LogP contribution in [0.3, 0.4) is 0 Å². The van der Waals surface area contributed by atoms with E-state index in [0.717, 1.165) is 37.8 Å². The van der Waals surface area contributed by atoms with Gasteiger partial charge >= 0.3 is 0 Å². The van der Waals surface area contributed by atoms with Crippen molar-refractivity contribution in [2.45, 2.75) is 26.7 Å². The number of anilines is 1. The molecule has 0 saturated carbocycles. The average Bonchev–Trinajstić information content (AvgIpc) is 2.33. The van der Waals surface area contributed by atoms with E-state index in [1.807, 2.05) is 12.1 Å². The maximum Gasteiger partial charge on any atom is 0.0879 e. The zero-order chi connectivity index (χ0) is 13.3. The van der Waals surface area contributed by atoms with Gasteiger partial charge in [-0.05, 0) is 47.0 Å². The standard InChI is InChI=1S/C14H16Br2N2/c1-4-17-12-7-11(8(2)3)18-14-10(16)6-5-9(15)13(12)14/h5-8H,4H2,1-3H3,(H,17,18). The summed E-state index contributed by atoms with van der Waals surface area (Å²) in [7, 11) is 0. The number of benzene rings is 1. The van der Waals surface area contributed by atoms with Gasteiger partial charge in [-0.15, -0.1) is 0 Å². The second kappa shape index (κ2) is 5.57. The van der Waals surface area contributed by atoms with E-state index in [0.29, 0.717) is 5.92 Å². The maximum atomic E-state index is 4.76. The molecule has 0 saturated heterocycles. The van der Waals surface area contributed by atoms with Gasteiger partial charge in [-0.2, -0.15) is 0 Å². The number of fused-ring (bicyclic) bond motifs is 1. The lowest BCUT2D eigenvalue weighted by Crippen LogP contribution is -2.02. The molecule has 0 radical (unpaired) electrons. The Labute approximate surface area is 124 Å². The van der Waals surface area contributed by atoms with Gasteiger partial charge in [-0.3, -0.25) is 4.98 Å². The lowest BCUT2D eigenvalue weighted by atomic mass is 10.1. The molecule has 2 rings (SSSR count). The maximum absolute atomic E-state index is 4.76. The van der Waals surface area contributed by atoms with Crippen LogP contribution < -0.4 is 5.32 Å². The minimum Gasteiger partial charge on any atom is -0.385 e. The molecule has 0 atom stereocenters. The molecular formula is C14H16Br2N2. The Morgan fingerprint density at radius 1 is 1.22 bits per heavy atom. The number of hydrogen-bond acceptors (Lipinski definition) is 2. The minimum absolute atomic E-state index is 0.415. The molecule has 0 aliphatic rings. The van der Waals surface area contributed by atoms with Crippen LogP contribution in [0.4, 0.5) is 5.69 Å². The van der Waals surface area contributed by atoms with Crippen LogP contribution >= 0.6 is 31.9 Å². The van der Waals surface area contributed by atoms with E-state index in [4.69, 9.17) is 4.98 Å². The lowest BCUT2D eigenvalue weighted by Gasteiger charge is -2.14. The molecule has 1 heterocycles. The molecule has 18 heavy (non-hydrogen) atoms. The fourth-order valence-electron chi connectivity index (χ4n) is 1.91. The second-order valence-electron chi connectivity index (χ2n) is 4.53. The van der Waals surface area contributed by atoms with Gasteiger partial charge in [-0.25, -0.2) is 0 Å². The number of pyridine rings is 1. The number of halogens is 2. The summed E-state index contributed by atoms with van der Waals surface area (Å²) in [6.45, 7) is 7.33. The summed E-state index contributed by atoms with van der Waals surface area (Å²) in [5.74, 6) is 0.415. The van der Waals surface area contributed by atoms with Crippen molar-refractivity contribution in [3.63, 3.8) is 0 Å². The first-order valence-corrected chi connectivity index (χ1v) is 7.65. The molecule has 2 aromatic rings. The molecule has 0 bridgehead atoms. The number of hydrogen-bond donors (Lipinski definition) is 1. The van der Waals surface area contributed by atoms with Crippen molar-refractivity contribution in [3.05, 3.63) is 32.8 Å². The number of nitrogens with one attached hydrogen (secondary N) is 1. The summed E-state index contributed by atoms with van der Waals surface area (Å²) in [5.41, 5.74) is 3.25. The van der Waals surface area contributed by atoms with Gasteiger partial charge in [0.25, 0.3) is 0 Å². The van der Waals surface area contributed by atoms with Gasteiger partial charge in [0, 0.05) is 32.3 Å². The quantitative estimate of drug-likeness (QED) is 0.790. The zero-order valence-corrected chi connectivity index (χ0v) is 13.9. The van der Waals surface area contributed by atoms with Crippen molar-refractivity contribution in [1.82, 2.24) is 4.98 Å². The molecule has 0 spiro atoms. The summed E-state index contributed by atoms with van der Waals surface area (Å²) >= 11 is 7.20. The molecular weight excluding hydrogens is 356 g/mol. The molecule has 0 aliphatic carbocycles. The van der Waals surface area contributed by atoms with E-state index in [2.05, 4.69) is 64.0 Å². The molecule has 2 nitrogen and oxygen atoms in total. The first kappa shape index (κ1) is 13.8. The van der Waals surface area contributed by atoms with E-state index in [1.165, 1.54) is 0 Å². The van der Waals surface area contributed by atoms with Crippen molar-refractivity contribution in [1.29, 1.82) is 0 Å². The molecule has 1 N–H and O–H groups in total. The Kier molecular flexibility index (Phi) is 4.28. The first-order chi connectivity index (χ1) is 8.54. The number of nitrogens with zero attached hydrogens (tertiary/aromatic N) is 1. The highest BCUT2D eigenvalue weighted by Gasteiger charge is 2.12. The van der Waals surface area contributed by atoms with Crippen LogP contribution in [0, 0.1) is 0 Å². The van der Waals surface area contributed by atoms with Crippen LogP contribution in [-0.2, 0) is 0 Å². The summed E-state index contributed by atoms with van der Waals surface area (Å²) in [5, 5.41) is 4.56. The lowest BCUT2D eigenvalue weighted by molar-refractivity contribution is 0.830. The summed E-state index contributed by atoms with van der Waals surface area (Å²) in [6, 6.07) is 6.22. The first-order valence-electron chi connectivity index (χ1n) is 6.07. The fraction of sp³-hybridized carbons (Fsp3) is 0.357. The number of rotatable bonds is 3. The van der Waals surface area contributed by atoms with E-state index in [1.54, 1.807) is 0 Å². The molecule has 0 unspecified atom stereocenters. The summed E-state index contributed by atoms with van der Waals surface area (Å²) in [4.78, 5) is 4.76. The average molecular weight is 372 g/mol. The smallest absolute Gasteiger partial charge is 0.0879 e. The Balaban J connectivity index is 2.80. The van der Waals surface area contributed by atoms with Crippen molar-refractivity contribution in [3.8, 4) is 0 Å². The van der Waals surface area contributed by atoms with Crippen LogP contribution in [0.5, 0.6) is 0 Å². The van der Waals surface area contributed by atoms with Crippen molar-refractivity contribution >= 4 is 48.5 Å². The topological polar surface area (TPSA) is 24.9 Å². The van der Waals surface area contributed by atoms with Crippen LogP contribution in [0.15, 0.2) is 27.1 Å². The normalized spacial score (nSPS) is 11.2. The Morgan fingerprint density at radius 2 is 1.89 bits per heavy atom. The molecule has 1 aromatic heterocycles. The van der Waals surface area contributed by atoms with Crippen molar-refractivity contribution in [2.75, 3.05) is 11.9 Å². The van der Waals surface area contributed by atoms with Gasteiger partial charge in [0.1, 0.15) is 0 Å². The third-order valence-electron chi connectivity index (χ3n) is 2.84. The largest absolute Gasteiger partial charge is 0.385 e. The highest BCUT2D eigenvalue weighted by molar-refractivity contribution is 9.11. The van der Waals surface area contributed by atoms with Crippen molar-refractivity contribution in [2.24, 2.45) is 0 Å². The van der Waals surface area contributed by atoms with Gasteiger partial charge in [-0.1, -0.05) is 29.8 Å². The third kappa shape index (κ3) is 2.54. The Bertz CT molecular complexity index is 580. The number of aromatic nitrogens is 1. The molecule has 96 valence electrons. The van der Waals surface area contributed by atoms with Crippen molar-refractivity contribution < 1.29 is 0 Å². The summed E-state index contributed by atoms with van der Waals surface area (Å²) in [6.07, 6.45) is 0. The van der Waals surface area contributed by atoms with Gasteiger partial charge in [0.15, 0.2) is 0 Å². The van der Waals surface area contributed by atoms with Crippen LogP contribution in [0.25, 0.3) is 10.9 Å². The van der Waals surface area contributed by atoms with Crippen LogP contribution in [-0.4, -0.2) is 11.5 Å². The van der Waals surface area contributed by atoms with E-state index < -0.39 is 0 Å². The molecule has 0 aliphatic heterocycles. The minimum atomic E-state index is 0.415. The highest BCUT2D eigenvalue weighted by Crippen LogP contribution is 2.35. The Morgan fingerprint density at radius 3 is 2.50 bits per heavy atom. The monoisotopic (exact) mass is 370 g/mol. The van der Waals surface area contributed by atoms with Gasteiger partial charge in [0.05, 0.1) is 5.52 Å². The summed E-state index contributed by atoms with van der Waals surface area (Å²) < 4.78 is 2.10. The second-order valence-corrected chi connectivity index (χ2v) is 6.24. The molecule has 4 heteroatoms. The van der Waals surface area contributed by atoms with E-state index >= 15 is 0 Å². The Hall–Kier alpha value is -0.610. The van der Waals surface area contributed by atoms with E-state index in [9.17, 15) is 0 Å². The SMILES string of the molecule is CCNc1cc(C(C)C)nc2c(Br)ccc(Br)c12. The highest BCUT2D eigenvalue weighted by atomic mass is 79.9. The van der Waals surface area contributed by atoms with Crippen LogP contribution in [0.1, 0.15) is 32.4 Å². The molecule has 0 amide bonds. The third-order valence-corrected chi connectivity index (χ3v) is 4.14. The zero-order valence-electron chi connectivity index (χ0n) is 10.7. The molecule has 1 aromatic carbocycles. The van der Waals surface area contributed by atoms with Crippen LogP contribution in [0.2, 0.25) is 0 Å².